The van der Waals surface area contributed by atoms with E-state index in [1.807, 2.05) is 0 Å². The number of hydrogen-bond acceptors (Lipinski definition) is 4. The molecule has 0 aliphatic heterocycles. The third kappa shape index (κ3) is 2.25. The molecule has 0 saturated carbocycles. The summed E-state index contributed by atoms with van der Waals surface area (Å²) in [5.74, 6) is -1.89. The van der Waals surface area contributed by atoms with Gasteiger partial charge in [0.05, 0.1) is 11.4 Å². The topological polar surface area (TPSA) is 98.6 Å². The molecule has 0 atom stereocenters. The fourth-order valence-corrected chi connectivity index (χ4v) is 0.854. The second kappa shape index (κ2) is 3.82. The summed E-state index contributed by atoms with van der Waals surface area (Å²) < 4.78 is 17.6. The molecule has 0 bridgehead atoms. The number of anilines is 2. The van der Waals surface area contributed by atoms with Crippen LogP contribution in [0.15, 0.2) is 12.1 Å². The van der Waals surface area contributed by atoms with Crippen LogP contribution in [0.1, 0.15) is 0 Å². The average molecular weight is 200 g/mol. The van der Waals surface area contributed by atoms with Crippen molar-refractivity contribution in [2.45, 2.75) is 0 Å². The van der Waals surface area contributed by atoms with Crippen LogP contribution in [0.25, 0.3) is 0 Å². The largest absolute Gasteiger partial charge is 0.480 e. The van der Waals surface area contributed by atoms with Crippen LogP contribution in [0, 0.1) is 5.82 Å². The molecule has 0 saturated heterocycles. The fraction of sp³-hybridized carbons (Fsp3) is 0.125. The van der Waals surface area contributed by atoms with Crippen molar-refractivity contribution in [3.8, 4) is 5.75 Å². The maximum Gasteiger partial charge on any atom is 0.341 e. The number of benzene rings is 1. The van der Waals surface area contributed by atoms with E-state index in [9.17, 15) is 9.18 Å². The van der Waals surface area contributed by atoms with E-state index in [1.54, 1.807) is 0 Å². The van der Waals surface area contributed by atoms with Crippen molar-refractivity contribution in [3.63, 3.8) is 0 Å². The van der Waals surface area contributed by atoms with E-state index in [1.165, 1.54) is 6.07 Å². The van der Waals surface area contributed by atoms with Crippen molar-refractivity contribution in [1.29, 1.82) is 0 Å². The molecule has 0 radical (unpaired) electrons. The summed E-state index contributed by atoms with van der Waals surface area (Å²) in [5, 5.41) is 8.31. The van der Waals surface area contributed by atoms with E-state index in [-0.39, 0.29) is 17.1 Å². The van der Waals surface area contributed by atoms with Gasteiger partial charge in [-0.15, -0.1) is 0 Å². The van der Waals surface area contributed by atoms with Crippen LogP contribution >= 0.6 is 0 Å². The van der Waals surface area contributed by atoms with Gasteiger partial charge < -0.3 is 21.3 Å². The molecule has 0 spiro atoms. The molecule has 0 amide bonds. The summed E-state index contributed by atoms with van der Waals surface area (Å²) in [6, 6.07) is 2.13. The highest BCUT2D eigenvalue weighted by Gasteiger charge is 2.07. The van der Waals surface area contributed by atoms with Crippen molar-refractivity contribution in [3.05, 3.63) is 17.9 Å². The van der Waals surface area contributed by atoms with Crippen LogP contribution in [0.5, 0.6) is 5.75 Å². The number of nitrogens with two attached hydrogens (primary N) is 2. The molecule has 0 unspecified atom stereocenters. The summed E-state index contributed by atoms with van der Waals surface area (Å²) in [5.41, 5.74) is 10.6. The second-order valence-electron chi connectivity index (χ2n) is 2.59. The molecule has 5 nitrogen and oxygen atoms in total. The Labute approximate surface area is 79.1 Å². The summed E-state index contributed by atoms with van der Waals surface area (Å²) in [4.78, 5) is 10.2. The lowest BCUT2D eigenvalue weighted by atomic mass is 10.2. The molecule has 0 fully saturated rings. The third-order valence-corrected chi connectivity index (χ3v) is 1.48. The van der Waals surface area contributed by atoms with Gasteiger partial charge in [-0.05, 0) is 6.07 Å². The van der Waals surface area contributed by atoms with E-state index in [0.717, 1.165) is 6.07 Å². The molecule has 1 aromatic carbocycles. The Morgan fingerprint density at radius 3 is 2.64 bits per heavy atom. The molecular weight excluding hydrogens is 191 g/mol. The van der Waals surface area contributed by atoms with Gasteiger partial charge >= 0.3 is 5.97 Å². The maximum atomic E-state index is 12.9. The maximum absolute atomic E-state index is 12.9. The third-order valence-electron chi connectivity index (χ3n) is 1.48. The van der Waals surface area contributed by atoms with Gasteiger partial charge in [-0.1, -0.05) is 0 Å². The lowest BCUT2D eigenvalue weighted by molar-refractivity contribution is -0.139. The molecule has 76 valence electrons. The smallest absolute Gasteiger partial charge is 0.341 e. The van der Waals surface area contributed by atoms with Gasteiger partial charge in [0.2, 0.25) is 0 Å². The molecule has 14 heavy (non-hydrogen) atoms. The first-order valence-corrected chi connectivity index (χ1v) is 3.70. The number of carbonyl (C=O) groups is 1. The fourth-order valence-electron chi connectivity index (χ4n) is 0.854. The zero-order chi connectivity index (χ0) is 10.7. The number of nitrogen functional groups attached to an aromatic ring is 2. The molecule has 0 aliphatic carbocycles. The second-order valence-corrected chi connectivity index (χ2v) is 2.59. The number of carboxylic acids is 1. The highest BCUT2D eigenvalue weighted by Crippen LogP contribution is 2.26. The molecular formula is C8H9FN2O3. The van der Waals surface area contributed by atoms with Gasteiger partial charge in [0.1, 0.15) is 11.6 Å². The molecule has 0 heterocycles. The zero-order valence-corrected chi connectivity index (χ0v) is 7.16. The van der Waals surface area contributed by atoms with Crippen molar-refractivity contribution in [2.24, 2.45) is 0 Å². The van der Waals surface area contributed by atoms with Crippen LogP contribution in [0.3, 0.4) is 0 Å². The molecule has 1 aromatic rings. The number of hydrogen-bond donors (Lipinski definition) is 3. The standard InChI is InChI=1S/C8H9FN2O3/c9-4-1-7(14-3-8(12)13)6(11)2-5(4)10/h1-2H,3,10-11H2,(H,12,13). The Hall–Kier alpha value is -1.98. The molecule has 5 N–H and O–H groups in total. The molecule has 6 heteroatoms. The normalized spacial score (nSPS) is 9.79. The number of carboxylic acid groups (broad SMARTS) is 1. The number of rotatable bonds is 3. The quantitative estimate of drug-likeness (QED) is 0.615. The summed E-state index contributed by atoms with van der Waals surface area (Å²) in [7, 11) is 0. The van der Waals surface area contributed by atoms with Crippen molar-refractivity contribution in [1.82, 2.24) is 0 Å². The highest BCUT2D eigenvalue weighted by atomic mass is 19.1. The van der Waals surface area contributed by atoms with Crippen LogP contribution in [0.2, 0.25) is 0 Å². The van der Waals surface area contributed by atoms with Crippen LogP contribution in [-0.4, -0.2) is 17.7 Å². The Morgan fingerprint density at radius 1 is 1.43 bits per heavy atom. The van der Waals surface area contributed by atoms with E-state index in [2.05, 4.69) is 0 Å². The van der Waals surface area contributed by atoms with Crippen LogP contribution in [0.4, 0.5) is 15.8 Å². The van der Waals surface area contributed by atoms with Gasteiger partial charge in [-0.2, -0.15) is 0 Å². The molecule has 1 rings (SSSR count). The summed E-state index contributed by atoms with van der Waals surface area (Å²) in [6.45, 7) is -0.576. The number of halogens is 1. The minimum absolute atomic E-state index is 0.0286. The predicted octanol–water partition coefficient (Wildman–Crippen LogP) is 0.454. The summed E-state index contributed by atoms with van der Waals surface area (Å²) >= 11 is 0. The lowest BCUT2D eigenvalue weighted by Crippen LogP contribution is -2.11. The van der Waals surface area contributed by atoms with Gasteiger partial charge in [0, 0.05) is 6.07 Å². The number of aliphatic carboxylic acids is 1. The Kier molecular flexibility index (Phi) is 2.76. The van der Waals surface area contributed by atoms with Crippen LogP contribution in [-0.2, 0) is 4.79 Å². The van der Waals surface area contributed by atoms with E-state index >= 15 is 0 Å². The van der Waals surface area contributed by atoms with Gasteiger partial charge in [-0.3, -0.25) is 0 Å². The molecule has 0 aliphatic rings. The first-order valence-electron chi connectivity index (χ1n) is 3.70. The predicted molar refractivity (Wildman–Crippen MR) is 48.4 cm³/mol. The van der Waals surface area contributed by atoms with Gasteiger partial charge in [-0.25, -0.2) is 9.18 Å². The lowest BCUT2D eigenvalue weighted by Gasteiger charge is -2.07. The first kappa shape index (κ1) is 10.1. The van der Waals surface area contributed by atoms with Crippen molar-refractivity contribution >= 4 is 17.3 Å². The van der Waals surface area contributed by atoms with Crippen LogP contribution < -0.4 is 16.2 Å². The highest BCUT2D eigenvalue weighted by molar-refractivity contribution is 5.69. The van der Waals surface area contributed by atoms with Gasteiger partial charge in [0.25, 0.3) is 0 Å². The molecule has 0 aromatic heterocycles. The monoisotopic (exact) mass is 200 g/mol. The van der Waals surface area contributed by atoms with E-state index in [4.69, 9.17) is 21.3 Å². The minimum atomic E-state index is -1.17. The Bertz CT molecular complexity index is 368. The van der Waals surface area contributed by atoms with E-state index < -0.39 is 18.4 Å². The van der Waals surface area contributed by atoms with Crippen molar-refractivity contribution in [2.75, 3.05) is 18.1 Å². The Balaban J connectivity index is 2.87. The zero-order valence-electron chi connectivity index (χ0n) is 7.16. The SMILES string of the molecule is Nc1cc(N)c(OCC(=O)O)cc1F. The van der Waals surface area contributed by atoms with E-state index in [0.29, 0.717) is 0 Å². The Morgan fingerprint density at radius 2 is 2.07 bits per heavy atom. The average Bonchev–Trinajstić information content (AvgIpc) is 2.09. The van der Waals surface area contributed by atoms with Gasteiger partial charge in [0.15, 0.2) is 6.61 Å². The summed E-state index contributed by atoms with van der Waals surface area (Å²) in [6.07, 6.45) is 0. The number of ether oxygens (including phenoxy) is 1. The minimum Gasteiger partial charge on any atom is -0.480 e. The first-order chi connectivity index (χ1) is 6.50. The van der Waals surface area contributed by atoms with Crippen molar-refractivity contribution < 1.29 is 19.0 Å².